The molecule has 0 spiro atoms. The molecular weight excluding hydrogens is 182 g/mol. The van der Waals surface area contributed by atoms with E-state index in [4.69, 9.17) is 14.9 Å². The molecule has 1 aromatic heterocycles. The minimum absolute atomic E-state index is 0.132. The molecule has 0 bridgehead atoms. The van der Waals surface area contributed by atoms with Crippen LogP contribution in [0.3, 0.4) is 0 Å². The Morgan fingerprint density at radius 1 is 1.21 bits per heavy atom. The molecule has 0 saturated carbocycles. The van der Waals surface area contributed by atoms with Crippen LogP contribution < -0.4 is 10.5 Å². The molecule has 0 aliphatic rings. The van der Waals surface area contributed by atoms with Gasteiger partial charge in [-0.05, 0) is 24.3 Å². The van der Waals surface area contributed by atoms with Crippen molar-refractivity contribution in [2.24, 2.45) is 0 Å². The van der Waals surface area contributed by atoms with E-state index in [1.54, 1.807) is 31.2 Å². The van der Waals surface area contributed by atoms with Gasteiger partial charge in [0.2, 0.25) is 5.89 Å². The van der Waals surface area contributed by atoms with Crippen LogP contribution in [0.25, 0.3) is 0 Å². The number of rotatable bonds is 2. The number of aryl methyl sites for hydroxylation is 1. The highest BCUT2D eigenvalue weighted by Gasteiger charge is 2.03. The molecule has 2 N–H and O–H groups in total. The van der Waals surface area contributed by atoms with Crippen molar-refractivity contribution >= 4 is 5.69 Å². The number of hydrogen-bond acceptors (Lipinski definition) is 5. The van der Waals surface area contributed by atoms with Crippen molar-refractivity contribution in [3.63, 3.8) is 0 Å². The fourth-order valence-electron chi connectivity index (χ4n) is 0.956. The summed E-state index contributed by atoms with van der Waals surface area (Å²) in [6.07, 6.45) is 0.132. The van der Waals surface area contributed by atoms with Crippen LogP contribution in [0.2, 0.25) is 0 Å². The lowest BCUT2D eigenvalue weighted by molar-refractivity contribution is 0.323. The Morgan fingerprint density at radius 2 is 1.93 bits per heavy atom. The molecular formula is C9H9N3O2. The van der Waals surface area contributed by atoms with Gasteiger partial charge in [-0.3, -0.25) is 0 Å². The first kappa shape index (κ1) is 8.55. The SMILES string of the molecule is Cc1nnc(Oc2ccc(N)cc2)o1. The second kappa shape index (κ2) is 3.37. The Balaban J connectivity index is 2.15. The minimum Gasteiger partial charge on any atom is -0.410 e. The summed E-state index contributed by atoms with van der Waals surface area (Å²) in [6.45, 7) is 1.70. The predicted octanol–water partition coefficient (Wildman–Crippen LogP) is 1.75. The predicted molar refractivity (Wildman–Crippen MR) is 50.0 cm³/mol. The number of aromatic nitrogens is 2. The largest absolute Gasteiger partial charge is 0.420 e. The summed E-state index contributed by atoms with van der Waals surface area (Å²) in [7, 11) is 0. The quantitative estimate of drug-likeness (QED) is 0.732. The average molecular weight is 191 g/mol. The number of hydrogen-bond donors (Lipinski definition) is 1. The maximum atomic E-state index is 5.52. The highest BCUT2D eigenvalue weighted by molar-refractivity contribution is 5.42. The smallest absolute Gasteiger partial charge is 0.410 e. The van der Waals surface area contributed by atoms with Gasteiger partial charge in [-0.2, -0.15) is 0 Å². The highest BCUT2D eigenvalue weighted by Crippen LogP contribution is 2.20. The van der Waals surface area contributed by atoms with E-state index in [0.29, 0.717) is 17.3 Å². The van der Waals surface area contributed by atoms with Crippen molar-refractivity contribution in [1.82, 2.24) is 10.2 Å². The van der Waals surface area contributed by atoms with E-state index in [0.717, 1.165) is 0 Å². The number of nitrogens with zero attached hydrogens (tertiary/aromatic N) is 2. The monoisotopic (exact) mass is 191 g/mol. The zero-order valence-corrected chi connectivity index (χ0v) is 7.60. The van der Waals surface area contributed by atoms with Gasteiger partial charge in [-0.15, -0.1) is 5.10 Å². The molecule has 0 amide bonds. The van der Waals surface area contributed by atoms with Crippen molar-refractivity contribution in [3.05, 3.63) is 30.2 Å². The van der Waals surface area contributed by atoms with E-state index >= 15 is 0 Å². The van der Waals surface area contributed by atoms with Crippen LogP contribution >= 0.6 is 0 Å². The molecule has 0 radical (unpaired) electrons. The van der Waals surface area contributed by atoms with Crippen molar-refractivity contribution in [3.8, 4) is 11.8 Å². The molecule has 5 heteroatoms. The first-order valence-corrected chi connectivity index (χ1v) is 4.07. The van der Waals surface area contributed by atoms with E-state index in [-0.39, 0.29) is 6.08 Å². The summed E-state index contributed by atoms with van der Waals surface area (Å²) >= 11 is 0. The first-order valence-electron chi connectivity index (χ1n) is 4.07. The second-order valence-electron chi connectivity index (χ2n) is 2.76. The van der Waals surface area contributed by atoms with Crippen molar-refractivity contribution in [1.29, 1.82) is 0 Å². The Labute approximate surface area is 80.5 Å². The molecule has 0 unspecified atom stereocenters. The van der Waals surface area contributed by atoms with Gasteiger partial charge in [0.05, 0.1) is 0 Å². The number of nitrogens with two attached hydrogens (primary N) is 1. The van der Waals surface area contributed by atoms with E-state index in [1.807, 2.05) is 0 Å². The van der Waals surface area contributed by atoms with E-state index < -0.39 is 0 Å². The van der Waals surface area contributed by atoms with Crippen LogP contribution in [-0.4, -0.2) is 10.2 Å². The van der Waals surface area contributed by atoms with Crippen LogP contribution in [0, 0.1) is 6.92 Å². The van der Waals surface area contributed by atoms with Gasteiger partial charge >= 0.3 is 6.08 Å². The molecule has 2 aromatic rings. The number of anilines is 1. The van der Waals surface area contributed by atoms with E-state index in [1.165, 1.54) is 0 Å². The van der Waals surface area contributed by atoms with Crippen molar-refractivity contribution in [2.75, 3.05) is 5.73 Å². The highest BCUT2D eigenvalue weighted by atomic mass is 16.6. The first-order chi connectivity index (χ1) is 6.74. The minimum atomic E-state index is 0.132. The molecule has 72 valence electrons. The third kappa shape index (κ3) is 1.82. The third-order valence-corrected chi connectivity index (χ3v) is 1.59. The number of ether oxygens (including phenoxy) is 1. The van der Waals surface area contributed by atoms with E-state index in [2.05, 4.69) is 10.2 Å². The molecule has 14 heavy (non-hydrogen) atoms. The lowest BCUT2D eigenvalue weighted by Gasteiger charge is -1.99. The van der Waals surface area contributed by atoms with Gasteiger partial charge in [0.15, 0.2) is 0 Å². The molecule has 1 heterocycles. The normalized spacial score (nSPS) is 10.1. The van der Waals surface area contributed by atoms with Gasteiger partial charge in [0.25, 0.3) is 0 Å². The van der Waals surface area contributed by atoms with Crippen LogP contribution in [-0.2, 0) is 0 Å². The maximum absolute atomic E-state index is 5.52. The molecule has 0 aliphatic carbocycles. The van der Waals surface area contributed by atoms with Gasteiger partial charge in [-0.25, -0.2) is 0 Å². The molecule has 1 aromatic carbocycles. The summed E-state index contributed by atoms with van der Waals surface area (Å²) < 4.78 is 10.3. The van der Waals surface area contributed by atoms with Gasteiger partial charge in [0, 0.05) is 12.6 Å². The molecule has 5 nitrogen and oxygen atoms in total. The number of nitrogen functional groups attached to an aromatic ring is 1. The fraction of sp³-hybridized carbons (Fsp3) is 0.111. The Morgan fingerprint density at radius 3 is 2.50 bits per heavy atom. The molecule has 0 aliphatic heterocycles. The molecule has 0 saturated heterocycles. The lowest BCUT2D eigenvalue weighted by atomic mass is 10.3. The number of benzene rings is 1. The molecule has 0 atom stereocenters. The fourth-order valence-corrected chi connectivity index (χ4v) is 0.956. The zero-order valence-electron chi connectivity index (χ0n) is 7.60. The third-order valence-electron chi connectivity index (χ3n) is 1.59. The van der Waals surface area contributed by atoms with Crippen LogP contribution in [0.1, 0.15) is 5.89 Å². The lowest BCUT2D eigenvalue weighted by Crippen LogP contribution is -1.86. The van der Waals surface area contributed by atoms with Gasteiger partial charge in [-0.1, -0.05) is 5.10 Å². The van der Waals surface area contributed by atoms with E-state index in [9.17, 15) is 0 Å². The maximum Gasteiger partial charge on any atom is 0.420 e. The van der Waals surface area contributed by atoms with Crippen LogP contribution in [0.5, 0.6) is 11.8 Å². The average Bonchev–Trinajstić information content (AvgIpc) is 2.56. The van der Waals surface area contributed by atoms with Crippen LogP contribution in [0.15, 0.2) is 28.7 Å². The second-order valence-corrected chi connectivity index (χ2v) is 2.76. The van der Waals surface area contributed by atoms with Crippen LogP contribution in [0.4, 0.5) is 5.69 Å². The van der Waals surface area contributed by atoms with Gasteiger partial charge < -0.3 is 14.9 Å². The van der Waals surface area contributed by atoms with Crippen molar-refractivity contribution < 1.29 is 9.15 Å². The summed E-state index contributed by atoms with van der Waals surface area (Å²) in [5, 5.41) is 7.33. The topological polar surface area (TPSA) is 74.2 Å². The summed E-state index contributed by atoms with van der Waals surface area (Å²) in [5.74, 6) is 1.08. The Hall–Kier alpha value is -2.04. The Bertz CT molecular complexity index is 422. The molecule has 0 fully saturated rings. The van der Waals surface area contributed by atoms with Gasteiger partial charge in [0.1, 0.15) is 5.75 Å². The Kier molecular flexibility index (Phi) is 2.06. The zero-order chi connectivity index (χ0) is 9.97. The standard InChI is InChI=1S/C9H9N3O2/c1-6-11-12-9(13-6)14-8-4-2-7(10)3-5-8/h2-5H,10H2,1H3. The summed E-state index contributed by atoms with van der Waals surface area (Å²) in [6, 6.07) is 6.93. The summed E-state index contributed by atoms with van der Waals surface area (Å²) in [5.41, 5.74) is 6.20. The molecule has 2 rings (SSSR count). The van der Waals surface area contributed by atoms with Crippen molar-refractivity contribution in [2.45, 2.75) is 6.92 Å². The summed E-state index contributed by atoms with van der Waals surface area (Å²) in [4.78, 5) is 0.